The van der Waals surface area contributed by atoms with E-state index in [-0.39, 0.29) is 11.7 Å². The van der Waals surface area contributed by atoms with Crippen molar-refractivity contribution in [2.24, 2.45) is 10.7 Å². The van der Waals surface area contributed by atoms with Crippen molar-refractivity contribution in [2.45, 2.75) is 30.8 Å². The van der Waals surface area contributed by atoms with Gasteiger partial charge in [-0.1, -0.05) is 6.58 Å². The molecule has 0 spiro atoms. The van der Waals surface area contributed by atoms with Crippen LogP contribution in [-0.4, -0.2) is 66.1 Å². The van der Waals surface area contributed by atoms with Crippen LogP contribution in [-0.2, 0) is 31.6 Å². The van der Waals surface area contributed by atoms with Crippen LogP contribution in [0.5, 0.6) is 0 Å². The molecule has 0 saturated carbocycles. The topological polar surface area (TPSA) is 231 Å². The zero-order valence-corrected chi connectivity index (χ0v) is 18.5. The normalized spacial score (nSPS) is 33.1. The molecule has 2 heterocycles. The molecule has 0 aromatic carbocycles. The van der Waals surface area contributed by atoms with Crippen LogP contribution in [0.2, 0.25) is 0 Å². The van der Waals surface area contributed by atoms with Gasteiger partial charge in [-0.2, -0.15) is 8.62 Å². The molecule has 1 fully saturated rings. The molecule has 0 aromatic rings. The summed E-state index contributed by atoms with van der Waals surface area (Å²) in [6.07, 6.45) is 0.956. The maximum absolute atomic E-state index is 13.9. The predicted molar refractivity (Wildman–Crippen MR) is 100 cm³/mol. The molecule has 0 bridgehead atoms. The number of phosphoric ester groups is 1. The van der Waals surface area contributed by atoms with Gasteiger partial charge in [0.05, 0.1) is 6.61 Å². The Kier molecular flexibility index (Phi) is 7.41. The molecule has 2 rings (SSSR count). The van der Waals surface area contributed by atoms with E-state index in [9.17, 15) is 28.1 Å². The monoisotopic (exact) mass is 511 g/mol. The molecule has 5 atom stereocenters. The second kappa shape index (κ2) is 8.75. The van der Waals surface area contributed by atoms with Crippen LogP contribution in [0.15, 0.2) is 29.7 Å². The molecule has 2 aliphatic heterocycles. The van der Waals surface area contributed by atoms with Crippen LogP contribution in [0.3, 0.4) is 0 Å². The van der Waals surface area contributed by atoms with Gasteiger partial charge in [0.2, 0.25) is 0 Å². The lowest BCUT2D eigenvalue weighted by molar-refractivity contribution is -0.140. The lowest BCUT2D eigenvalue weighted by atomic mass is 9.92. The highest BCUT2D eigenvalue weighted by atomic mass is 31.3. The molecule has 178 valence electrons. The first kappa shape index (κ1) is 26.3. The van der Waals surface area contributed by atoms with Crippen molar-refractivity contribution in [1.82, 2.24) is 4.90 Å². The molecule has 1 saturated heterocycles. The Balaban J connectivity index is 2.14. The fourth-order valence-electron chi connectivity index (χ4n) is 2.91. The Morgan fingerprint density at radius 3 is 2.45 bits per heavy atom. The SMILES string of the molecule is C=C1N=C(N)C=CN1[C@@H]1O[C@](CF)(COP(=O)(O)OP(=O)(O)OP(=O)(O)O)C[C@@]1(C)O. The quantitative estimate of drug-likeness (QED) is 0.227. The van der Waals surface area contributed by atoms with Gasteiger partial charge >= 0.3 is 23.5 Å². The van der Waals surface area contributed by atoms with Gasteiger partial charge in [0.1, 0.15) is 29.5 Å². The molecule has 2 unspecified atom stereocenters. The maximum Gasteiger partial charge on any atom is 0.490 e. The third kappa shape index (κ3) is 6.99. The highest BCUT2D eigenvalue weighted by Crippen LogP contribution is 2.66. The van der Waals surface area contributed by atoms with Gasteiger partial charge < -0.3 is 40.1 Å². The minimum Gasteiger partial charge on any atom is -0.385 e. The lowest BCUT2D eigenvalue weighted by Gasteiger charge is -2.35. The number of halogens is 1. The van der Waals surface area contributed by atoms with Gasteiger partial charge in [0, 0.05) is 12.6 Å². The van der Waals surface area contributed by atoms with Gasteiger partial charge in [0.25, 0.3) is 0 Å². The average molecular weight is 511 g/mol. The zero-order valence-electron chi connectivity index (χ0n) is 15.8. The molecular weight excluding hydrogens is 490 g/mol. The highest BCUT2D eigenvalue weighted by molar-refractivity contribution is 7.66. The number of hydrogen-bond acceptors (Lipinski definition) is 11. The number of nitrogens with zero attached hydrogens (tertiary/aromatic N) is 2. The zero-order chi connectivity index (χ0) is 23.9. The van der Waals surface area contributed by atoms with E-state index < -0.39 is 60.6 Å². The Morgan fingerprint density at radius 1 is 1.32 bits per heavy atom. The Bertz CT molecular complexity index is 935. The fourth-order valence-corrected chi connectivity index (χ4v) is 6.00. The Hall–Kier alpha value is -0.990. The van der Waals surface area contributed by atoms with Crippen molar-refractivity contribution in [3.8, 4) is 0 Å². The standard InChI is InChI=1S/C12H21FN3O12P3/c1-8-15-9(14)3-4-16(8)10-11(2,17)5-12(6-13,26-10)7-25-30(21,22)28-31(23,24)27-29(18,19)20/h3-4,10,17H,1,5-7H2,2H3,(H2,14,15)(H,21,22)(H,23,24)(H2,18,19,20)/t10-,11-,12-/m1/s1. The first-order valence-electron chi connectivity index (χ1n) is 8.13. The van der Waals surface area contributed by atoms with E-state index in [0.29, 0.717) is 0 Å². The van der Waals surface area contributed by atoms with Gasteiger partial charge in [-0.25, -0.2) is 23.1 Å². The molecule has 19 heteroatoms. The summed E-state index contributed by atoms with van der Waals surface area (Å²) < 4.78 is 65.0. The number of aliphatic hydroxyl groups is 1. The van der Waals surface area contributed by atoms with E-state index in [1.165, 1.54) is 24.1 Å². The summed E-state index contributed by atoms with van der Waals surface area (Å²) in [6, 6.07) is 0. The van der Waals surface area contributed by atoms with Gasteiger partial charge in [-0.05, 0) is 13.0 Å². The maximum atomic E-state index is 13.9. The van der Waals surface area contributed by atoms with E-state index in [2.05, 4.69) is 24.7 Å². The van der Waals surface area contributed by atoms with E-state index >= 15 is 0 Å². The summed E-state index contributed by atoms with van der Waals surface area (Å²) in [6.45, 7) is 2.50. The highest BCUT2D eigenvalue weighted by Gasteiger charge is 2.56. The molecule has 31 heavy (non-hydrogen) atoms. The molecule has 0 amide bonds. The molecule has 0 radical (unpaired) electrons. The van der Waals surface area contributed by atoms with Crippen LogP contribution in [0.4, 0.5) is 4.39 Å². The van der Waals surface area contributed by atoms with Crippen LogP contribution in [0, 0.1) is 0 Å². The number of amidine groups is 1. The minimum absolute atomic E-state index is 0.0489. The van der Waals surface area contributed by atoms with Crippen molar-refractivity contribution >= 4 is 29.3 Å². The van der Waals surface area contributed by atoms with Crippen molar-refractivity contribution in [3.05, 3.63) is 24.7 Å². The number of alkyl halides is 1. The number of nitrogens with two attached hydrogens (primary N) is 1. The summed E-state index contributed by atoms with van der Waals surface area (Å²) in [7, 11) is -16.8. The van der Waals surface area contributed by atoms with Gasteiger partial charge in [0.15, 0.2) is 6.23 Å². The second-order valence-corrected chi connectivity index (χ2v) is 11.3. The molecule has 15 nitrogen and oxygen atoms in total. The van der Waals surface area contributed by atoms with Crippen molar-refractivity contribution in [3.63, 3.8) is 0 Å². The summed E-state index contributed by atoms with van der Waals surface area (Å²) >= 11 is 0. The molecule has 0 aliphatic carbocycles. The van der Waals surface area contributed by atoms with Gasteiger partial charge in [-0.15, -0.1) is 0 Å². The number of phosphoric acid groups is 3. The van der Waals surface area contributed by atoms with Crippen molar-refractivity contribution < 1.29 is 60.6 Å². The first-order valence-corrected chi connectivity index (χ1v) is 12.7. The summed E-state index contributed by atoms with van der Waals surface area (Å²) in [4.78, 5) is 40.9. The molecule has 0 aromatic heterocycles. The van der Waals surface area contributed by atoms with Crippen LogP contribution >= 0.6 is 23.5 Å². The van der Waals surface area contributed by atoms with Crippen LogP contribution in [0.1, 0.15) is 13.3 Å². The number of hydrogen-bond donors (Lipinski definition) is 6. The fraction of sp³-hybridized carbons (Fsp3) is 0.583. The first-order chi connectivity index (χ1) is 13.9. The molecule has 7 N–H and O–H groups in total. The third-order valence-corrected chi connectivity index (χ3v) is 7.72. The largest absolute Gasteiger partial charge is 0.490 e. The second-order valence-electron chi connectivity index (χ2n) is 6.86. The Morgan fingerprint density at radius 2 is 1.94 bits per heavy atom. The predicted octanol–water partition coefficient (Wildman–Crippen LogP) is 0.193. The van der Waals surface area contributed by atoms with Gasteiger partial charge in [-0.3, -0.25) is 4.52 Å². The Labute approximate surface area is 175 Å². The van der Waals surface area contributed by atoms with Crippen LogP contribution < -0.4 is 5.73 Å². The number of rotatable bonds is 9. The van der Waals surface area contributed by atoms with E-state index in [1.807, 2.05) is 0 Å². The lowest BCUT2D eigenvalue weighted by Crippen LogP contribution is -2.46. The molecular formula is C12H21FN3O12P3. The van der Waals surface area contributed by atoms with Crippen LogP contribution in [0.25, 0.3) is 0 Å². The molecule has 2 aliphatic rings. The summed E-state index contributed by atoms with van der Waals surface area (Å²) in [5, 5.41) is 10.7. The average Bonchev–Trinajstić information content (AvgIpc) is 2.81. The van der Waals surface area contributed by atoms with Crippen molar-refractivity contribution in [1.29, 1.82) is 0 Å². The minimum atomic E-state index is -5.74. The van der Waals surface area contributed by atoms with Crippen molar-refractivity contribution in [2.75, 3.05) is 13.3 Å². The summed E-state index contributed by atoms with van der Waals surface area (Å²) in [5.74, 6) is 0.163. The van der Waals surface area contributed by atoms with E-state index in [0.717, 1.165) is 0 Å². The number of ether oxygens (including phenoxy) is 1. The van der Waals surface area contributed by atoms with E-state index in [4.69, 9.17) is 25.2 Å². The van der Waals surface area contributed by atoms with E-state index in [1.54, 1.807) is 0 Å². The number of aliphatic imine (C=N–C) groups is 1. The summed E-state index contributed by atoms with van der Waals surface area (Å²) in [5.41, 5.74) is 1.74. The smallest absolute Gasteiger partial charge is 0.385 e. The third-order valence-electron chi connectivity index (χ3n) is 3.94.